The number of halogens is 3. The second-order valence-corrected chi connectivity index (χ2v) is 13.2. The number of hydrogen-bond donors (Lipinski definition) is 1. The number of aromatic nitrogens is 3. The van der Waals surface area contributed by atoms with E-state index in [0.717, 1.165) is 16.9 Å². The van der Waals surface area contributed by atoms with Crippen molar-refractivity contribution >= 4 is 46.7 Å². The van der Waals surface area contributed by atoms with Crippen LogP contribution < -0.4 is 10.9 Å². The lowest BCUT2D eigenvalue weighted by atomic mass is 10.1. The van der Waals surface area contributed by atoms with Gasteiger partial charge in [0.05, 0.1) is 23.3 Å². The van der Waals surface area contributed by atoms with Gasteiger partial charge in [0.15, 0.2) is 5.65 Å². The van der Waals surface area contributed by atoms with Crippen LogP contribution in [-0.2, 0) is 24.8 Å². The van der Waals surface area contributed by atoms with Crippen molar-refractivity contribution in [1.82, 2.24) is 18.8 Å². The maximum Gasteiger partial charge on any atom is 0.269 e. The molecule has 3 heterocycles. The molecule has 1 saturated heterocycles. The predicted octanol–water partition coefficient (Wildman–Crippen LogP) is 2.62. The van der Waals surface area contributed by atoms with Gasteiger partial charge in [0.2, 0.25) is 25.0 Å². The number of hydrogen-bond acceptors (Lipinski definition) is 8. The fourth-order valence-electron chi connectivity index (χ4n) is 4.12. The van der Waals surface area contributed by atoms with E-state index in [0.29, 0.717) is 25.9 Å². The Morgan fingerprint density at radius 3 is 2.44 bits per heavy atom. The highest BCUT2D eigenvalue weighted by Gasteiger charge is 2.26. The third-order valence-electron chi connectivity index (χ3n) is 5.82. The highest BCUT2D eigenvalue weighted by molar-refractivity contribution is 8.13. The zero-order chi connectivity index (χ0) is 26.3. The molecule has 0 atom stereocenters. The lowest BCUT2D eigenvalue weighted by molar-refractivity contribution is 0.149. The Labute approximate surface area is 210 Å². The van der Waals surface area contributed by atoms with E-state index in [9.17, 15) is 30.4 Å². The standard InChI is InChI=1S/C21H22ClF2N5O5S2/c1-35(31,32)28-8-6-15(7-9-28)26-21-25-11-14-10-16(18(23)24)20(30)29(19(14)27-21)17-5-3-2-4-13(17)12-36(22,33)34/h2-5,10-11,15,18H,6-9,12H2,1H3,(H,25,26,27). The third kappa shape index (κ3) is 5.82. The molecule has 1 fully saturated rings. The molecule has 1 aliphatic heterocycles. The molecule has 0 amide bonds. The van der Waals surface area contributed by atoms with E-state index in [2.05, 4.69) is 15.3 Å². The van der Waals surface area contributed by atoms with Crippen LogP contribution in [0.25, 0.3) is 16.7 Å². The number of anilines is 1. The Hall–Kier alpha value is -2.68. The molecule has 3 aromatic rings. The third-order valence-corrected chi connectivity index (χ3v) is 8.11. The zero-order valence-corrected chi connectivity index (χ0v) is 21.3. The van der Waals surface area contributed by atoms with Crippen molar-refractivity contribution in [3.8, 4) is 5.69 Å². The number of fused-ring (bicyclic) bond motifs is 1. The van der Waals surface area contributed by atoms with Crippen LogP contribution in [-0.4, -0.2) is 61.1 Å². The van der Waals surface area contributed by atoms with Gasteiger partial charge in [-0.1, -0.05) is 18.2 Å². The number of nitrogens with zero attached hydrogens (tertiary/aromatic N) is 4. The first-order valence-electron chi connectivity index (χ1n) is 10.8. The van der Waals surface area contributed by atoms with Crippen molar-refractivity contribution in [2.75, 3.05) is 24.7 Å². The normalized spacial score (nSPS) is 16.0. The zero-order valence-electron chi connectivity index (χ0n) is 18.9. The smallest absolute Gasteiger partial charge is 0.269 e. The van der Waals surface area contributed by atoms with Crippen LogP contribution in [0.4, 0.5) is 14.7 Å². The summed E-state index contributed by atoms with van der Waals surface area (Å²) in [6.07, 6.45) is 0.325. The van der Waals surface area contributed by atoms with E-state index in [4.69, 9.17) is 10.7 Å². The molecule has 15 heteroatoms. The summed E-state index contributed by atoms with van der Waals surface area (Å²) in [6.45, 7) is 0.625. The summed E-state index contributed by atoms with van der Waals surface area (Å²) in [5.41, 5.74) is -1.67. The number of piperidine rings is 1. The number of benzene rings is 1. The van der Waals surface area contributed by atoms with Gasteiger partial charge in [-0.25, -0.2) is 34.9 Å². The Morgan fingerprint density at radius 2 is 1.83 bits per heavy atom. The number of alkyl halides is 2. The van der Waals surface area contributed by atoms with Crippen molar-refractivity contribution in [3.63, 3.8) is 0 Å². The second kappa shape index (κ2) is 10.00. The molecule has 0 spiro atoms. The molecule has 1 aliphatic rings. The molecular weight excluding hydrogens is 540 g/mol. The van der Waals surface area contributed by atoms with Gasteiger partial charge in [-0.3, -0.25) is 9.36 Å². The summed E-state index contributed by atoms with van der Waals surface area (Å²) in [6, 6.07) is 6.77. The van der Waals surface area contributed by atoms with Gasteiger partial charge in [-0.15, -0.1) is 0 Å². The monoisotopic (exact) mass is 561 g/mol. The molecule has 2 aromatic heterocycles. The molecule has 0 aliphatic carbocycles. The maximum absolute atomic E-state index is 13.7. The molecule has 1 aromatic carbocycles. The van der Waals surface area contributed by atoms with Crippen molar-refractivity contribution < 1.29 is 25.6 Å². The van der Waals surface area contributed by atoms with Crippen molar-refractivity contribution in [1.29, 1.82) is 0 Å². The highest BCUT2D eigenvalue weighted by atomic mass is 35.7. The predicted molar refractivity (Wildman–Crippen MR) is 132 cm³/mol. The van der Waals surface area contributed by atoms with E-state index < -0.39 is 42.4 Å². The summed E-state index contributed by atoms with van der Waals surface area (Å²) in [7, 11) is -1.90. The largest absolute Gasteiger partial charge is 0.351 e. The van der Waals surface area contributed by atoms with E-state index >= 15 is 0 Å². The Morgan fingerprint density at radius 1 is 1.17 bits per heavy atom. The first kappa shape index (κ1) is 26.4. The number of sulfonamides is 1. The van der Waals surface area contributed by atoms with Gasteiger partial charge in [0, 0.05) is 41.4 Å². The van der Waals surface area contributed by atoms with Gasteiger partial charge in [0.25, 0.3) is 12.0 Å². The first-order valence-corrected chi connectivity index (χ1v) is 15.1. The fourth-order valence-corrected chi connectivity index (χ4v) is 5.96. The van der Waals surface area contributed by atoms with Gasteiger partial charge in [-0.2, -0.15) is 4.98 Å². The van der Waals surface area contributed by atoms with Gasteiger partial charge in [-0.05, 0) is 30.5 Å². The van der Waals surface area contributed by atoms with Crippen LogP contribution in [0, 0.1) is 0 Å². The average Bonchev–Trinajstić information content (AvgIpc) is 2.78. The summed E-state index contributed by atoms with van der Waals surface area (Å²) < 4.78 is 76.7. The first-order chi connectivity index (χ1) is 16.8. The minimum Gasteiger partial charge on any atom is -0.351 e. The van der Waals surface area contributed by atoms with Crippen LogP contribution in [0.2, 0.25) is 0 Å². The summed E-state index contributed by atoms with van der Waals surface area (Å²) >= 11 is 0. The second-order valence-electron chi connectivity index (χ2n) is 8.41. The van der Waals surface area contributed by atoms with E-state index in [1.807, 2.05) is 0 Å². The number of para-hydroxylation sites is 1. The molecule has 194 valence electrons. The molecule has 36 heavy (non-hydrogen) atoms. The van der Waals surface area contributed by atoms with Crippen molar-refractivity contribution in [3.05, 3.63) is 58.0 Å². The van der Waals surface area contributed by atoms with Crippen LogP contribution in [0.5, 0.6) is 0 Å². The minimum atomic E-state index is -4.03. The topological polar surface area (TPSA) is 131 Å². The lowest BCUT2D eigenvalue weighted by Gasteiger charge is -2.30. The maximum atomic E-state index is 13.7. The minimum absolute atomic E-state index is 0.00473. The Bertz CT molecular complexity index is 1570. The molecule has 10 nitrogen and oxygen atoms in total. The van der Waals surface area contributed by atoms with E-state index in [1.165, 1.54) is 34.8 Å². The van der Waals surface area contributed by atoms with Crippen molar-refractivity contribution in [2.24, 2.45) is 0 Å². The van der Waals surface area contributed by atoms with Gasteiger partial charge in [0.1, 0.15) is 0 Å². The number of nitrogens with one attached hydrogen (secondary N) is 1. The summed E-state index contributed by atoms with van der Waals surface area (Å²) in [5, 5.41) is 3.25. The molecular formula is C21H22ClF2N5O5S2. The Kier molecular flexibility index (Phi) is 7.33. The summed E-state index contributed by atoms with van der Waals surface area (Å²) in [5.74, 6) is -0.521. The molecule has 1 N–H and O–H groups in total. The average molecular weight is 562 g/mol. The van der Waals surface area contributed by atoms with Crippen molar-refractivity contribution in [2.45, 2.75) is 31.1 Å². The van der Waals surface area contributed by atoms with E-state index in [1.54, 1.807) is 0 Å². The lowest BCUT2D eigenvalue weighted by Crippen LogP contribution is -2.42. The number of pyridine rings is 1. The van der Waals surface area contributed by atoms with Crippen LogP contribution >= 0.6 is 10.7 Å². The molecule has 0 bridgehead atoms. The quantitative estimate of drug-likeness (QED) is 0.436. The van der Waals surface area contributed by atoms with E-state index in [-0.39, 0.29) is 34.3 Å². The van der Waals surface area contributed by atoms with Gasteiger partial charge < -0.3 is 5.32 Å². The number of rotatable bonds is 7. The van der Waals surface area contributed by atoms with Crippen LogP contribution in [0.3, 0.4) is 0 Å². The molecule has 0 saturated carbocycles. The van der Waals surface area contributed by atoms with Crippen LogP contribution in [0.1, 0.15) is 30.4 Å². The molecule has 4 rings (SSSR count). The molecule has 0 radical (unpaired) electrons. The highest BCUT2D eigenvalue weighted by Crippen LogP contribution is 2.26. The Balaban J connectivity index is 1.79. The molecule has 0 unspecified atom stereocenters. The van der Waals surface area contributed by atoms with Crippen LogP contribution in [0.15, 0.2) is 41.3 Å². The van der Waals surface area contributed by atoms with Gasteiger partial charge >= 0.3 is 0 Å². The summed E-state index contributed by atoms with van der Waals surface area (Å²) in [4.78, 5) is 21.7. The SMILES string of the molecule is CS(=O)(=O)N1CCC(Nc2ncc3cc(C(F)F)c(=O)n(-c4ccccc4CS(=O)(=O)Cl)c3n2)CC1. The fraction of sp³-hybridized carbons (Fsp3) is 0.381.